The van der Waals surface area contributed by atoms with Crippen LogP contribution in [0, 0.1) is 5.92 Å². The van der Waals surface area contributed by atoms with E-state index >= 15 is 0 Å². The molecule has 0 saturated heterocycles. The van der Waals surface area contributed by atoms with Gasteiger partial charge in [0.15, 0.2) is 17.3 Å². The molecule has 0 aliphatic carbocycles. The first-order valence-electron chi connectivity index (χ1n) is 8.64. The van der Waals surface area contributed by atoms with E-state index in [9.17, 15) is 9.90 Å². The van der Waals surface area contributed by atoms with Crippen LogP contribution in [0.4, 0.5) is 0 Å². The van der Waals surface area contributed by atoms with Gasteiger partial charge in [-0.25, -0.2) is 0 Å². The average Bonchev–Trinajstić information content (AvgIpc) is 2.53. The van der Waals surface area contributed by atoms with Crippen molar-refractivity contribution in [2.75, 3.05) is 13.8 Å². The van der Waals surface area contributed by atoms with Gasteiger partial charge in [0, 0.05) is 10.9 Å². The monoisotopic (exact) mass is 365 g/mol. The molecule has 2 N–H and O–H groups in total. The van der Waals surface area contributed by atoms with E-state index in [1.807, 2.05) is 6.07 Å². The van der Waals surface area contributed by atoms with E-state index in [4.69, 9.17) is 4.74 Å². The molecule has 140 valence electrons. The number of phenolic OH excluding ortho intramolecular Hbond substituents is 1. The lowest BCUT2D eigenvalue weighted by atomic mass is 9.94. The predicted molar refractivity (Wildman–Crippen MR) is 107 cm³/mol. The predicted octanol–water partition coefficient (Wildman–Crippen LogP) is 4.12. The highest BCUT2D eigenvalue weighted by Gasteiger charge is 2.29. The molecule has 0 fully saturated rings. The largest absolute Gasteiger partial charge is 0.504 e. The highest BCUT2D eigenvalue weighted by atomic mass is 31.1. The second kappa shape index (κ2) is 9.24. The first-order valence-corrected chi connectivity index (χ1v) is 10.1. The van der Waals surface area contributed by atoms with Crippen molar-refractivity contribution in [3.05, 3.63) is 36.0 Å². The van der Waals surface area contributed by atoms with Gasteiger partial charge < -0.3 is 15.2 Å². The second-order valence-electron chi connectivity index (χ2n) is 7.18. The van der Waals surface area contributed by atoms with Crippen molar-refractivity contribution in [2.24, 2.45) is 5.92 Å². The van der Waals surface area contributed by atoms with E-state index < -0.39 is 0 Å². The summed E-state index contributed by atoms with van der Waals surface area (Å²) in [7, 11) is 2.22. The van der Waals surface area contributed by atoms with Gasteiger partial charge in [0.1, 0.15) is 0 Å². The first-order chi connectivity index (χ1) is 11.6. The summed E-state index contributed by atoms with van der Waals surface area (Å²) >= 11 is 0. The number of benzene rings is 1. The van der Waals surface area contributed by atoms with Crippen LogP contribution in [-0.2, 0) is 11.2 Å². The molecule has 0 amide bonds. The molecule has 1 aromatic rings. The Labute approximate surface area is 153 Å². The molecule has 0 spiro atoms. The number of nitrogens with one attached hydrogen (secondary N) is 1. The molecule has 0 bridgehead atoms. The summed E-state index contributed by atoms with van der Waals surface area (Å²) in [5, 5.41) is 13.3. The normalized spacial score (nSPS) is 15.2. The summed E-state index contributed by atoms with van der Waals surface area (Å²) in [4.78, 5) is 12.1. The molecule has 0 aliphatic rings. The average molecular weight is 365 g/mol. The third-order valence-electron chi connectivity index (χ3n) is 4.56. The maximum atomic E-state index is 12.1. The second-order valence-corrected chi connectivity index (χ2v) is 8.78. The minimum absolute atomic E-state index is 0.0239. The number of methoxy groups -OCH3 is 1. The van der Waals surface area contributed by atoms with Gasteiger partial charge in [-0.1, -0.05) is 33.4 Å². The summed E-state index contributed by atoms with van der Waals surface area (Å²) in [6.45, 7) is 14.6. The molecule has 1 rings (SSSR count). The molecule has 5 heteroatoms. The smallest absolute Gasteiger partial charge is 0.160 e. The van der Waals surface area contributed by atoms with Gasteiger partial charge in [-0.2, -0.15) is 0 Å². The van der Waals surface area contributed by atoms with Crippen LogP contribution in [0.1, 0.15) is 39.7 Å². The molecule has 3 atom stereocenters. The molecule has 25 heavy (non-hydrogen) atoms. The van der Waals surface area contributed by atoms with Crippen molar-refractivity contribution in [1.82, 2.24) is 5.32 Å². The van der Waals surface area contributed by atoms with Crippen LogP contribution < -0.4 is 10.1 Å². The Morgan fingerprint density at radius 1 is 1.44 bits per heavy atom. The summed E-state index contributed by atoms with van der Waals surface area (Å²) in [5.41, 5.74) is 1.79. The lowest BCUT2D eigenvalue weighted by Crippen LogP contribution is -2.42. The Bertz CT molecular complexity index is 615. The van der Waals surface area contributed by atoms with Gasteiger partial charge in [0.2, 0.25) is 0 Å². The van der Waals surface area contributed by atoms with Crippen LogP contribution in [0.5, 0.6) is 11.5 Å². The Morgan fingerprint density at radius 3 is 2.52 bits per heavy atom. The summed E-state index contributed by atoms with van der Waals surface area (Å²) in [6, 6.07) is 4.87. The van der Waals surface area contributed by atoms with Gasteiger partial charge in [0.05, 0.1) is 13.2 Å². The number of ketones is 1. The molecule has 0 aromatic heterocycles. The van der Waals surface area contributed by atoms with E-state index in [1.54, 1.807) is 19.1 Å². The summed E-state index contributed by atoms with van der Waals surface area (Å²) < 4.78 is 5.07. The third-order valence-corrected chi connectivity index (χ3v) is 6.17. The number of hydrogen-bond donors (Lipinski definition) is 2. The topological polar surface area (TPSA) is 58.6 Å². The SMILES string of the molecule is C=C(NC(Cc1ccc(OC)c(O)c1)C(C)=O)C(C)(CC(C)C)PC. The van der Waals surface area contributed by atoms with Crippen LogP contribution in [0.2, 0.25) is 0 Å². The molecule has 0 saturated carbocycles. The number of aromatic hydroxyl groups is 1. The molecule has 4 nitrogen and oxygen atoms in total. The van der Waals surface area contributed by atoms with Gasteiger partial charge in [-0.3, -0.25) is 4.79 Å². The Morgan fingerprint density at radius 2 is 2.08 bits per heavy atom. The zero-order valence-electron chi connectivity index (χ0n) is 16.3. The molecule has 1 aromatic carbocycles. The van der Waals surface area contributed by atoms with Crippen molar-refractivity contribution < 1.29 is 14.6 Å². The Hall–Kier alpha value is -1.54. The summed E-state index contributed by atoms with van der Waals surface area (Å²) in [6.07, 6.45) is 1.53. The zero-order chi connectivity index (χ0) is 19.2. The number of carbonyl (C=O) groups excluding carboxylic acids is 1. The molecule has 0 aliphatic heterocycles. The van der Waals surface area contributed by atoms with Crippen LogP contribution in [0.25, 0.3) is 0 Å². The van der Waals surface area contributed by atoms with Crippen molar-refractivity contribution in [2.45, 2.75) is 51.7 Å². The van der Waals surface area contributed by atoms with E-state index in [1.165, 1.54) is 7.11 Å². The van der Waals surface area contributed by atoms with Crippen LogP contribution >= 0.6 is 8.58 Å². The van der Waals surface area contributed by atoms with Gasteiger partial charge >= 0.3 is 0 Å². The lowest BCUT2D eigenvalue weighted by Gasteiger charge is -2.35. The minimum Gasteiger partial charge on any atom is -0.504 e. The van der Waals surface area contributed by atoms with Gasteiger partial charge in [0.25, 0.3) is 0 Å². The van der Waals surface area contributed by atoms with Gasteiger partial charge in [-0.15, -0.1) is 8.58 Å². The standard InChI is InChI=1S/C20H32NO3P/c1-13(2)12-20(5,25-7)15(4)21-17(14(3)22)10-16-8-9-19(24-6)18(23)11-16/h8-9,11,13,17,21,23,25H,4,10,12H2,1-3,5-7H3. The number of allylic oxidation sites excluding steroid dienone is 1. The highest BCUT2D eigenvalue weighted by molar-refractivity contribution is 7.39. The molecule has 3 unspecified atom stereocenters. The van der Waals surface area contributed by atoms with Crippen LogP contribution in [0.3, 0.4) is 0 Å². The molecule has 0 heterocycles. The fraction of sp³-hybridized carbons (Fsp3) is 0.550. The van der Waals surface area contributed by atoms with Gasteiger partial charge in [-0.05, 0) is 50.0 Å². The molecule has 0 radical (unpaired) electrons. The number of carbonyl (C=O) groups is 1. The first kappa shape index (κ1) is 21.5. The summed E-state index contributed by atoms with van der Waals surface area (Å²) in [5.74, 6) is 1.13. The van der Waals surface area contributed by atoms with Crippen molar-refractivity contribution >= 4 is 14.4 Å². The fourth-order valence-electron chi connectivity index (χ4n) is 2.96. The number of phenols is 1. The zero-order valence-corrected chi connectivity index (χ0v) is 17.3. The maximum absolute atomic E-state index is 12.1. The minimum atomic E-state index is -0.358. The third kappa shape index (κ3) is 6.04. The fourth-order valence-corrected chi connectivity index (χ4v) is 3.94. The van der Waals surface area contributed by atoms with Crippen molar-refractivity contribution in [3.8, 4) is 11.5 Å². The van der Waals surface area contributed by atoms with Crippen molar-refractivity contribution in [1.29, 1.82) is 0 Å². The van der Waals surface area contributed by atoms with Crippen LogP contribution in [0.15, 0.2) is 30.5 Å². The highest BCUT2D eigenvalue weighted by Crippen LogP contribution is 2.39. The van der Waals surface area contributed by atoms with E-state index in [0.717, 1.165) is 17.7 Å². The number of ether oxygens (including phenoxy) is 1. The molecular weight excluding hydrogens is 333 g/mol. The van der Waals surface area contributed by atoms with Crippen LogP contribution in [-0.4, -0.2) is 35.9 Å². The Kier molecular flexibility index (Phi) is 7.95. The van der Waals surface area contributed by atoms with E-state index in [2.05, 4.69) is 39.3 Å². The maximum Gasteiger partial charge on any atom is 0.160 e. The number of Topliss-reactive ketones (excluding diaryl/α,β-unsaturated/α-hetero) is 1. The number of hydrogen-bond acceptors (Lipinski definition) is 4. The van der Waals surface area contributed by atoms with E-state index in [0.29, 0.717) is 26.7 Å². The van der Waals surface area contributed by atoms with E-state index in [-0.39, 0.29) is 22.7 Å². The quantitative estimate of drug-likeness (QED) is 0.613. The lowest BCUT2D eigenvalue weighted by molar-refractivity contribution is -0.118. The van der Waals surface area contributed by atoms with Crippen molar-refractivity contribution in [3.63, 3.8) is 0 Å². The Balaban J connectivity index is 2.92. The molecular formula is C20H32NO3P. The number of rotatable bonds is 10.